The number of fused-ring (bicyclic) bond motifs is 1. The van der Waals surface area contributed by atoms with Crippen molar-refractivity contribution in [1.82, 2.24) is 9.88 Å². The molecule has 0 atom stereocenters. The summed E-state index contributed by atoms with van der Waals surface area (Å²) >= 11 is 1.66. The van der Waals surface area contributed by atoms with E-state index in [0.29, 0.717) is 19.7 Å². The zero-order valence-electron chi connectivity index (χ0n) is 16.6. The molecule has 0 saturated carbocycles. The van der Waals surface area contributed by atoms with Gasteiger partial charge in [0, 0.05) is 31.9 Å². The highest BCUT2D eigenvalue weighted by molar-refractivity contribution is 7.22. The Kier molecular flexibility index (Phi) is 5.71. The highest BCUT2D eigenvalue weighted by atomic mass is 32.1. The number of carbonyl (C=O) groups is 1. The molecule has 152 valence electrons. The normalized spacial score (nSPS) is 14.1. The van der Waals surface area contributed by atoms with Crippen LogP contribution in [0.25, 0.3) is 10.2 Å². The van der Waals surface area contributed by atoms with Crippen LogP contribution in [-0.4, -0.2) is 55.8 Å². The van der Waals surface area contributed by atoms with Gasteiger partial charge in [-0.3, -0.25) is 0 Å². The lowest BCUT2D eigenvalue weighted by atomic mass is 10.3. The van der Waals surface area contributed by atoms with Crippen molar-refractivity contribution in [2.45, 2.75) is 6.92 Å². The molecule has 1 fully saturated rings. The number of thiazole rings is 1. The Morgan fingerprint density at radius 2 is 1.83 bits per heavy atom. The Hall–Kier alpha value is -3.00. The highest BCUT2D eigenvalue weighted by Gasteiger charge is 2.23. The van der Waals surface area contributed by atoms with E-state index in [1.54, 1.807) is 18.4 Å². The maximum absolute atomic E-state index is 12.5. The van der Waals surface area contributed by atoms with E-state index in [0.717, 1.165) is 45.6 Å². The minimum absolute atomic E-state index is 0.0829. The maximum atomic E-state index is 12.5. The van der Waals surface area contributed by atoms with Gasteiger partial charge < -0.3 is 24.6 Å². The molecule has 0 unspecified atom stereocenters. The second kappa shape index (κ2) is 8.57. The molecule has 2 amide bonds. The van der Waals surface area contributed by atoms with Crippen molar-refractivity contribution in [1.29, 1.82) is 0 Å². The largest absolute Gasteiger partial charge is 0.497 e. The van der Waals surface area contributed by atoms with Crippen molar-refractivity contribution in [3.8, 4) is 11.5 Å². The van der Waals surface area contributed by atoms with Gasteiger partial charge in [0.25, 0.3) is 0 Å². The number of hydrogen-bond acceptors (Lipinski definition) is 6. The molecule has 1 aliphatic heterocycles. The average molecular weight is 413 g/mol. The monoisotopic (exact) mass is 412 g/mol. The molecule has 0 radical (unpaired) electrons. The molecule has 29 heavy (non-hydrogen) atoms. The second-order valence-electron chi connectivity index (χ2n) is 6.69. The topological polar surface area (TPSA) is 66.9 Å². The first kappa shape index (κ1) is 19.3. The van der Waals surface area contributed by atoms with Gasteiger partial charge in [0.05, 0.1) is 23.9 Å². The van der Waals surface area contributed by atoms with E-state index >= 15 is 0 Å². The van der Waals surface area contributed by atoms with E-state index < -0.39 is 0 Å². The minimum Gasteiger partial charge on any atom is -0.497 e. The molecule has 0 aliphatic carbocycles. The number of methoxy groups -OCH3 is 1. The van der Waals surface area contributed by atoms with Crippen LogP contribution in [0.3, 0.4) is 0 Å². The van der Waals surface area contributed by atoms with Gasteiger partial charge in [-0.1, -0.05) is 11.3 Å². The van der Waals surface area contributed by atoms with Crippen molar-refractivity contribution in [2.24, 2.45) is 0 Å². The van der Waals surface area contributed by atoms with E-state index in [9.17, 15) is 4.79 Å². The fourth-order valence-electron chi connectivity index (χ4n) is 3.26. The third-order valence-electron chi connectivity index (χ3n) is 4.84. The Morgan fingerprint density at radius 1 is 1.10 bits per heavy atom. The molecule has 1 aromatic heterocycles. The zero-order chi connectivity index (χ0) is 20.2. The third kappa shape index (κ3) is 4.37. The number of amides is 2. The van der Waals surface area contributed by atoms with Crippen molar-refractivity contribution in [3.63, 3.8) is 0 Å². The van der Waals surface area contributed by atoms with Gasteiger partial charge in [-0.05, 0) is 49.4 Å². The SMILES string of the molecule is CCOc1ccc2nc(N3CCN(C(=O)Nc4ccc(OC)cc4)CC3)sc2c1. The third-order valence-corrected chi connectivity index (χ3v) is 5.92. The lowest BCUT2D eigenvalue weighted by Gasteiger charge is -2.34. The summed E-state index contributed by atoms with van der Waals surface area (Å²) in [6.07, 6.45) is 0. The Labute approximate surface area is 173 Å². The molecule has 0 bridgehead atoms. The maximum Gasteiger partial charge on any atom is 0.321 e. The van der Waals surface area contributed by atoms with Crippen molar-refractivity contribution >= 4 is 38.4 Å². The summed E-state index contributed by atoms with van der Waals surface area (Å²) in [6.45, 7) is 5.46. The van der Waals surface area contributed by atoms with E-state index in [1.165, 1.54) is 0 Å². The summed E-state index contributed by atoms with van der Waals surface area (Å²) in [7, 11) is 1.62. The number of anilines is 2. The van der Waals surface area contributed by atoms with Gasteiger partial charge >= 0.3 is 6.03 Å². The number of benzene rings is 2. The molecular formula is C21H24N4O3S. The van der Waals surface area contributed by atoms with E-state index in [4.69, 9.17) is 14.5 Å². The lowest BCUT2D eigenvalue weighted by molar-refractivity contribution is 0.208. The van der Waals surface area contributed by atoms with Crippen LogP contribution >= 0.6 is 11.3 Å². The van der Waals surface area contributed by atoms with Crippen LogP contribution in [0, 0.1) is 0 Å². The van der Waals surface area contributed by atoms with Crippen LogP contribution in [0.4, 0.5) is 15.6 Å². The Bertz CT molecular complexity index is 981. The molecule has 0 spiro atoms. The molecule has 3 aromatic rings. The number of rotatable bonds is 5. The van der Waals surface area contributed by atoms with Gasteiger partial charge in [0.1, 0.15) is 11.5 Å². The van der Waals surface area contributed by atoms with Crippen LogP contribution in [0.15, 0.2) is 42.5 Å². The van der Waals surface area contributed by atoms with Gasteiger partial charge in [-0.25, -0.2) is 9.78 Å². The first-order chi connectivity index (χ1) is 14.2. The van der Waals surface area contributed by atoms with E-state index in [1.807, 2.05) is 54.3 Å². The summed E-state index contributed by atoms with van der Waals surface area (Å²) < 4.78 is 11.8. The molecule has 1 aliphatic rings. The fourth-order valence-corrected chi connectivity index (χ4v) is 4.31. The second-order valence-corrected chi connectivity index (χ2v) is 7.70. The predicted octanol–water partition coefficient (Wildman–Crippen LogP) is 4.06. The van der Waals surface area contributed by atoms with E-state index in [-0.39, 0.29) is 6.03 Å². The number of nitrogens with one attached hydrogen (secondary N) is 1. The van der Waals surface area contributed by atoms with Crippen molar-refractivity contribution in [2.75, 3.05) is 50.1 Å². The fraction of sp³-hybridized carbons (Fsp3) is 0.333. The first-order valence-corrected chi connectivity index (χ1v) is 10.5. The summed E-state index contributed by atoms with van der Waals surface area (Å²) in [4.78, 5) is 21.4. The molecule has 4 rings (SSSR count). The number of hydrogen-bond donors (Lipinski definition) is 1. The first-order valence-electron chi connectivity index (χ1n) is 9.64. The van der Waals surface area contributed by atoms with Gasteiger partial charge in [0.15, 0.2) is 5.13 Å². The molecule has 8 heteroatoms. The van der Waals surface area contributed by atoms with Gasteiger partial charge in [-0.15, -0.1) is 0 Å². The minimum atomic E-state index is -0.0829. The quantitative estimate of drug-likeness (QED) is 0.685. The zero-order valence-corrected chi connectivity index (χ0v) is 17.4. The van der Waals surface area contributed by atoms with Gasteiger partial charge in [-0.2, -0.15) is 0 Å². The number of piperazine rings is 1. The summed E-state index contributed by atoms with van der Waals surface area (Å²) in [5.41, 5.74) is 1.74. The number of aromatic nitrogens is 1. The number of carbonyl (C=O) groups excluding carboxylic acids is 1. The predicted molar refractivity (Wildman–Crippen MR) is 117 cm³/mol. The Balaban J connectivity index is 1.36. The number of urea groups is 1. The van der Waals surface area contributed by atoms with Crippen molar-refractivity contribution in [3.05, 3.63) is 42.5 Å². The van der Waals surface area contributed by atoms with Gasteiger partial charge in [0.2, 0.25) is 0 Å². The molecule has 2 aromatic carbocycles. The molecular weight excluding hydrogens is 388 g/mol. The number of nitrogens with zero attached hydrogens (tertiary/aromatic N) is 3. The lowest BCUT2D eigenvalue weighted by Crippen LogP contribution is -2.50. The molecule has 1 N–H and O–H groups in total. The molecule has 1 saturated heterocycles. The molecule has 2 heterocycles. The van der Waals surface area contributed by atoms with Crippen molar-refractivity contribution < 1.29 is 14.3 Å². The van der Waals surface area contributed by atoms with Crippen LogP contribution < -0.4 is 19.7 Å². The highest BCUT2D eigenvalue weighted by Crippen LogP contribution is 2.32. The average Bonchev–Trinajstić information content (AvgIpc) is 3.18. The summed E-state index contributed by atoms with van der Waals surface area (Å²) in [5, 5.41) is 3.93. The number of ether oxygens (including phenoxy) is 2. The van der Waals surface area contributed by atoms with Crippen LogP contribution in [0.2, 0.25) is 0 Å². The Morgan fingerprint density at radius 3 is 2.52 bits per heavy atom. The van der Waals surface area contributed by atoms with Crippen LogP contribution in [-0.2, 0) is 0 Å². The summed E-state index contributed by atoms with van der Waals surface area (Å²) in [6, 6.07) is 13.2. The molecule has 7 nitrogen and oxygen atoms in total. The smallest absolute Gasteiger partial charge is 0.321 e. The van der Waals surface area contributed by atoms with Crippen LogP contribution in [0.5, 0.6) is 11.5 Å². The van der Waals surface area contributed by atoms with E-state index in [2.05, 4.69) is 10.2 Å². The van der Waals surface area contributed by atoms with Crippen LogP contribution in [0.1, 0.15) is 6.92 Å². The summed E-state index contributed by atoms with van der Waals surface area (Å²) in [5.74, 6) is 1.64. The standard InChI is InChI=1S/C21H24N4O3S/c1-3-28-17-8-9-18-19(14-17)29-21(23-18)25-12-10-24(11-13-25)20(26)22-15-4-6-16(27-2)7-5-15/h4-9,14H,3,10-13H2,1-2H3,(H,22,26).